The molecule has 1 aromatic heterocycles. The molecule has 2 saturated carbocycles. The molecule has 0 aliphatic heterocycles. The Morgan fingerprint density at radius 3 is 2.24 bits per heavy atom. The van der Waals surface area contributed by atoms with E-state index >= 15 is 0 Å². The SMILES string of the molecule is CC#Cc1cc(C)c(C2C(=O)CC3(CCC(CC(=O)c4ccccn4)CC3)CC2=O)c(C)c1. The molecule has 4 heteroatoms. The Hall–Kier alpha value is -3.06. The first-order chi connectivity index (χ1) is 15.8. The van der Waals surface area contributed by atoms with E-state index in [-0.39, 0.29) is 22.8 Å². The summed E-state index contributed by atoms with van der Waals surface area (Å²) in [4.78, 5) is 43.4. The molecular formula is C29H31NO3. The van der Waals surface area contributed by atoms with Crippen LogP contribution in [0.4, 0.5) is 0 Å². The average Bonchev–Trinajstić information content (AvgIpc) is 2.78. The maximum Gasteiger partial charge on any atom is 0.181 e. The van der Waals surface area contributed by atoms with Gasteiger partial charge in [-0.2, -0.15) is 0 Å². The van der Waals surface area contributed by atoms with Gasteiger partial charge in [0.1, 0.15) is 23.2 Å². The second kappa shape index (κ2) is 9.43. The Labute approximate surface area is 196 Å². The van der Waals surface area contributed by atoms with E-state index in [0.717, 1.165) is 47.9 Å². The Morgan fingerprint density at radius 1 is 1.06 bits per heavy atom. The van der Waals surface area contributed by atoms with Crippen LogP contribution in [0.1, 0.15) is 90.5 Å². The lowest BCUT2D eigenvalue weighted by molar-refractivity contribution is -0.138. The molecule has 0 atom stereocenters. The average molecular weight is 442 g/mol. The van der Waals surface area contributed by atoms with Crippen LogP contribution >= 0.6 is 0 Å². The molecule has 2 aliphatic rings. The highest BCUT2D eigenvalue weighted by molar-refractivity contribution is 6.10. The molecule has 33 heavy (non-hydrogen) atoms. The zero-order valence-electron chi connectivity index (χ0n) is 19.7. The molecule has 0 bridgehead atoms. The van der Waals surface area contributed by atoms with Crippen LogP contribution in [0.15, 0.2) is 36.5 Å². The molecule has 1 heterocycles. The van der Waals surface area contributed by atoms with Crippen molar-refractivity contribution in [3.63, 3.8) is 0 Å². The Morgan fingerprint density at radius 2 is 1.70 bits per heavy atom. The maximum absolute atomic E-state index is 13.3. The molecule has 0 radical (unpaired) electrons. The van der Waals surface area contributed by atoms with Crippen LogP contribution in [-0.4, -0.2) is 22.3 Å². The summed E-state index contributed by atoms with van der Waals surface area (Å²) in [5.41, 5.74) is 4.01. The fourth-order valence-electron chi connectivity index (χ4n) is 5.90. The summed E-state index contributed by atoms with van der Waals surface area (Å²) in [5, 5.41) is 0. The molecule has 4 rings (SSSR count). The second-order valence-corrected chi connectivity index (χ2v) is 9.90. The number of carbonyl (C=O) groups is 3. The Bertz CT molecular complexity index is 1100. The molecule has 4 nitrogen and oxygen atoms in total. The smallest absolute Gasteiger partial charge is 0.181 e. The molecule has 0 unspecified atom stereocenters. The van der Waals surface area contributed by atoms with Crippen molar-refractivity contribution in [2.45, 2.75) is 71.6 Å². The van der Waals surface area contributed by atoms with Crippen molar-refractivity contribution in [3.05, 3.63) is 64.5 Å². The van der Waals surface area contributed by atoms with Crippen molar-refractivity contribution in [1.82, 2.24) is 4.98 Å². The summed E-state index contributed by atoms with van der Waals surface area (Å²) < 4.78 is 0. The Kier molecular flexibility index (Phi) is 6.61. The first kappa shape index (κ1) is 23.1. The fourth-order valence-corrected chi connectivity index (χ4v) is 5.90. The summed E-state index contributed by atoms with van der Waals surface area (Å²) in [6.07, 6.45) is 6.48. The number of carbonyl (C=O) groups excluding carboxylic acids is 3. The topological polar surface area (TPSA) is 64.1 Å². The van der Waals surface area contributed by atoms with Crippen LogP contribution in [0.3, 0.4) is 0 Å². The lowest BCUT2D eigenvalue weighted by Crippen LogP contribution is -2.42. The number of aromatic nitrogens is 1. The third-order valence-electron chi connectivity index (χ3n) is 7.48. The normalized spacial score (nSPS) is 24.9. The van der Waals surface area contributed by atoms with Crippen molar-refractivity contribution < 1.29 is 14.4 Å². The Balaban J connectivity index is 1.44. The monoisotopic (exact) mass is 441 g/mol. The van der Waals surface area contributed by atoms with Gasteiger partial charge in [0.2, 0.25) is 0 Å². The summed E-state index contributed by atoms with van der Waals surface area (Å²) in [6, 6.07) is 9.36. The van der Waals surface area contributed by atoms with E-state index in [1.807, 2.05) is 38.1 Å². The number of ketones is 3. The van der Waals surface area contributed by atoms with Gasteiger partial charge in [-0.05, 0) is 98.7 Å². The van der Waals surface area contributed by atoms with E-state index in [2.05, 4.69) is 16.8 Å². The highest BCUT2D eigenvalue weighted by Crippen LogP contribution is 2.50. The van der Waals surface area contributed by atoms with Crippen LogP contribution in [0, 0.1) is 37.0 Å². The number of benzene rings is 1. The third kappa shape index (κ3) is 4.83. The highest BCUT2D eigenvalue weighted by atomic mass is 16.2. The van der Waals surface area contributed by atoms with Gasteiger partial charge < -0.3 is 0 Å². The van der Waals surface area contributed by atoms with Gasteiger partial charge in [0.15, 0.2) is 5.78 Å². The maximum atomic E-state index is 13.3. The minimum absolute atomic E-state index is 0.0507. The second-order valence-electron chi connectivity index (χ2n) is 9.90. The summed E-state index contributed by atoms with van der Waals surface area (Å²) in [6.45, 7) is 5.74. The molecule has 0 amide bonds. The molecule has 2 aliphatic carbocycles. The van der Waals surface area contributed by atoms with E-state index in [0.29, 0.717) is 30.9 Å². The van der Waals surface area contributed by atoms with Gasteiger partial charge in [-0.25, -0.2) is 0 Å². The molecule has 2 fully saturated rings. The summed E-state index contributed by atoms with van der Waals surface area (Å²) in [7, 11) is 0. The number of pyridine rings is 1. The quantitative estimate of drug-likeness (QED) is 0.355. The van der Waals surface area contributed by atoms with E-state index in [1.54, 1.807) is 19.2 Å². The molecule has 1 aromatic carbocycles. The number of hydrogen-bond donors (Lipinski definition) is 0. The number of hydrogen-bond acceptors (Lipinski definition) is 4. The van der Waals surface area contributed by atoms with Gasteiger partial charge >= 0.3 is 0 Å². The van der Waals surface area contributed by atoms with Gasteiger partial charge in [-0.15, -0.1) is 5.92 Å². The van der Waals surface area contributed by atoms with Gasteiger partial charge in [-0.1, -0.05) is 12.0 Å². The van der Waals surface area contributed by atoms with Crippen LogP contribution in [-0.2, 0) is 9.59 Å². The standard InChI is InChI=1S/C29H31NO3/c1-4-7-22-14-19(2)27(20(3)15-22)28-25(32)17-29(18-26(28)33)11-9-21(10-12-29)16-24(31)23-8-5-6-13-30-23/h5-6,8,13-15,21,28H,9-12,16-18H2,1-3H3. The minimum atomic E-state index is -0.650. The molecule has 0 N–H and O–H groups in total. The van der Waals surface area contributed by atoms with Gasteiger partial charge in [0.05, 0.1) is 0 Å². The third-order valence-corrected chi connectivity index (χ3v) is 7.48. The van der Waals surface area contributed by atoms with Crippen molar-refractivity contribution in [2.24, 2.45) is 11.3 Å². The van der Waals surface area contributed by atoms with E-state index in [1.165, 1.54) is 0 Å². The lowest BCUT2D eigenvalue weighted by Gasteiger charge is -2.43. The predicted molar refractivity (Wildman–Crippen MR) is 128 cm³/mol. The minimum Gasteiger partial charge on any atom is -0.299 e. The van der Waals surface area contributed by atoms with E-state index in [9.17, 15) is 14.4 Å². The van der Waals surface area contributed by atoms with Crippen LogP contribution in [0.25, 0.3) is 0 Å². The van der Waals surface area contributed by atoms with Gasteiger partial charge in [0.25, 0.3) is 0 Å². The first-order valence-electron chi connectivity index (χ1n) is 11.9. The molecule has 170 valence electrons. The number of nitrogens with zero attached hydrogens (tertiary/aromatic N) is 1. The highest BCUT2D eigenvalue weighted by Gasteiger charge is 2.47. The van der Waals surface area contributed by atoms with Crippen molar-refractivity contribution >= 4 is 17.3 Å². The van der Waals surface area contributed by atoms with Gasteiger partial charge in [-0.3, -0.25) is 19.4 Å². The van der Waals surface area contributed by atoms with Gasteiger partial charge in [0, 0.05) is 31.0 Å². The molecule has 1 spiro atoms. The largest absolute Gasteiger partial charge is 0.299 e. The van der Waals surface area contributed by atoms with Crippen molar-refractivity contribution in [2.75, 3.05) is 0 Å². The zero-order chi connectivity index (χ0) is 23.6. The van der Waals surface area contributed by atoms with Crippen molar-refractivity contribution in [1.29, 1.82) is 0 Å². The summed E-state index contributed by atoms with van der Waals surface area (Å²) in [5.74, 6) is 5.80. The van der Waals surface area contributed by atoms with Crippen LogP contribution in [0.2, 0.25) is 0 Å². The predicted octanol–water partition coefficient (Wildman–Crippen LogP) is 5.54. The van der Waals surface area contributed by atoms with Crippen LogP contribution < -0.4 is 0 Å². The van der Waals surface area contributed by atoms with Crippen molar-refractivity contribution in [3.8, 4) is 11.8 Å². The van der Waals surface area contributed by atoms with Crippen LogP contribution in [0.5, 0.6) is 0 Å². The number of aryl methyl sites for hydroxylation is 2. The number of Topliss-reactive ketones (excluding diaryl/α,β-unsaturated/α-hetero) is 3. The fraction of sp³-hybridized carbons (Fsp3) is 0.448. The molecular weight excluding hydrogens is 410 g/mol. The number of rotatable bonds is 4. The van der Waals surface area contributed by atoms with E-state index < -0.39 is 5.92 Å². The zero-order valence-corrected chi connectivity index (χ0v) is 19.7. The first-order valence-corrected chi connectivity index (χ1v) is 11.9. The lowest BCUT2D eigenvalue weighted by atomic mass is 9.59. The molecule has 2 aromatic rings. The van der Waals surface area contributed by atoms with E-state index in [4.69, 9.17) is 0 Å². The molecule has 0 saturated heterocycles. The summed E-state index contributed by atoms with van der Waals surface area (Å²) >= 11 is 0.